The van der Waals surface area contributed by atoms with E-state index in [2.05, 4.69) is 10.3 Å². The molecule has 7 heteroatoms. The first kappa shape index (κ1) is 15.5. The number of amides is 1. The second-order valence-corrected chi connectivity index (χ2v) is 5.38. The SMILES string of the molecule is COCCNC(=O)c1cccn2c(=O)c3cc(Cl)ccc3nc12. The molecule has 0 saturated carbocycles. The summed E-state index contributed by atoms with van der Waals surface area (Å²) in [5.74, 6) is -0.305. The largest absolute Gasteiger partial charge is 0.383 e. The van der Waals surface area contributed by atoms with Gasteiger partial charge in [-0.3, -0.25) is 14.0 Å². The maximum Gasteiger partial charge on any atom is 0.265 e. The third kappa shape index (κ3) is 2.91. The first-order valence-corrected chi connectivity index (χ1v) is 7.37. The molecular weight excluding hydrogens is 318 g/mol. The molecular formula is C16H14ClN3O3. The van der Waals surface area contributed by atoms with Gasteiger partial charge in [-0.25, -0.2) is 4.98 Å². The summed E-state index contributed by atoms with van der Waals surface area (Å²) >= 11 is 5.94. The van der Waals surface area contributed by atoms with Gasteiger partial charge in [-0.1, -0.05) is 11.6 Å². The molecule has 0 spiro atoms. The second-order valence-electron chi connectivity index (χ2n) is 4.94. The number of benzene rings is 1. The number of hydrogen-bond acceptors (Lipinski definition) is 4. The van der Waals surface area contributed by atoms with Crippen LogP contribution < -0.4 is 10.9 Å². The fourth-order valence-corrected chi connectivity index (χ4v) is 2.51. The molecule has 1 aromatic carbocycles. The molecule has 1 amide bonds. The van der Waals surface area contributed by atoms with Gasteiger partial charge in [0.2, 0.25) is 0 Å². The molecule has 0 saturated heterocycles. The lowest BCUT2D eigenvalue weighted by atomic mass is 10.2. The van der Waals surface area contributed by atoms with Crippen LogP contribution in [0.1, 0.15) is 10.4 Å². The van der Waals surface area contributed by atoms with Crippen LogP contribution in [0.5, 0.6) is 0 Å². The number of carbonyl (C=O) groups excluding carboxylic acids is 1. The van der Waals surface area contributed by atoms with Crippen LogP contribution in [0.2, 0.25) is 5.02 Å². The number of carbonyl (C=O) groups is 1. The number of fused-ring (bicyclic) bond motifs is 2. The quantitative estimate of drug-likeness (QED) is 0.585. The smallest absolute Gasteiger partial charge is 0.265 e. The van der Waals surface area contributed by atoms with E-state index in [1.165, 1.54) is 4.40 Å². The summed E-state index contributed by atoms with van der Waals surface area (Å²) in [4.78, 5) is 29.3. The highest BCUT2D eigenvalue weighted by atomic mass is 35.5. The first-order chi connectivity index (χ1) is 11.1. The van der Waals surface area contributed by atoms with Crippen LogP contribution in [0.15, 0.2) is 41.3 Å². The van der Waals surface area contributed by atoms with Gasteiger partial charge in [0, 0.05) is 24.9 Å². The molecule has 3 aromatic rings. The summed E-state index contributed by atoms with van der Waals surface area (Å²) in [5.41, 5.74) is 0.871. The minimum absolute atomic E-state index is 0.265. The monoisotopic (exact) mass is 331 g/mol. The van der Waals surface area contributed by atoms with Crippen molar-refractivity contribution in [2.75, 3.05) is 20.3 Å². The number of aromatic nitrogens is 2. The summed E-state index contributed by atoms with van der Waals surface area (Å²) in [6.45, 7) is 0.787. The van der Waals surface area contributed by atoms with Crippen LogP contribution in [0.25, 0.3) is 16.6 Å². The van der Waals surface area contributed by atoms with Crippen molar-refractivity contribution in [2.24, 2.45) is 0 Å². The molecule has 23 heavy (non-hydrogen) atoms. The fourth-order valence-electron chi connectivity index (χ4n) is 2.34. The fraction of sp³-hybridized carbons (Fsp3) is 0.188. The van der Waals surface area contributed by atoms with Gasteiger partial charge in [0.15, 0.2) is 5.65 Å². The molecule has 0 bridgehead atoms. The Labute approximate surface area is 136 Å². The number of ether oxygens (including phenoxy) is 1. The molecule has 0 aliphatic heterocycles. The van der Waals surface area contributed by atoms with Gasteiger partial charge < -0.3 is 10.1 Å². The Kier molecular flexibility index (Phi) is 4.27. The molecule has 0 atom stereocenters. The predicted molar refractivity (Wildman–Crippen MR) is 88.2 cm³/mol. The first-order valence-electron chi connectivity index (χ1n) is 6.99. The molecule has 3 rings (SSSR count). The maximum absolute atomic E-state index is 12.6. The lowest BCUT2D eigenvalue weighted by Gasteiger charge is -2.09. The number of nitrogens with zero attached hydrogens (tertiary/aromatic N) is 2. The summed E-state index contributed by atoms with van der Waals surface area (Å²) in [6, 6.07) is 8.17. The van der Waals surface area contributed by atoms with Gasteiger partial charge in [-0.15, -0.1) is 0 Å². The molecule has 6 nitrogen and oxygen atoms in total. The van der Waals surface area contributed by atoms with Gasteiger partial charge in [0.05, 0.1) is 23.1 Å². The van der Waals surface area contributed by atoms with Gasteiger partial charge in [-0.05, 0) is 30.3 Å². The molecule has 1 N–H and O–H groups in total. The highest BCUT2D eigenvalue weighted by Gasteiger charge is 2.14. The van der Waals surface area contributed by atoms with E-state index in [4.69, 9.17) is 16.3 Å². The third-order valence-corrected chi connectivity index (χ3v) is 3.67. The zero-order valence-corrected chi connectivity index (χ0v) is 13.1. The number of hydrogen-bond donors (Lipinski definition) is 1. The minimum atomic E-state index is -0.305. The summed E-state index contributed by atoms with van der Waals surface area (Å²) < 4.78 is 6.26. The highest BCUT2D eigenvalue weighted by Crippen LogP contribution is 2.17. The molecule has 0 aliphatic carbocycles. The summed E-state index contributed by atoms with van der Waals surface area (Å²) in [7, 11) is 1.56. The van der Waals surface area contributed by atoms with Crippen molar-refractivity contribution in [2.45, 2.75) is 0 Å². The zero-order valence-electron chi connectivity index (χ0n) is 12.4. The van der Waals surface area contributed by atoms with Crippen molar-refractivity contribution in [3.8, 4) is 0 Å². The van der Waals surface area contributed by atoms with E-state index in [1.807, 2.05) is 0 Å². The highest BCUT2D eigenvalue weighted by molar-refractivity contribution is 6.31. The van der Waals surface area contributed by atoms with Crippen molar-refractivity contribution in [3.05, 3.63) is 57.5 Å². The number of nitrogens with one attached hydrogen (secondary N) is 1. The van der Waals surface area contributed by atoms with Crippen LogP contribution >= 0.6 is 11.6 Å². The number of pyridine rings is 1. The Bertz CT molecular complexity index is 952. The minimum Gasteiger partial charge on any atom is -0.383 e. The Morgan fingerprint density at radius 2 is 2.22 bits per heavy atom. The van der Waals surface area contributed by atoms with E-state index < -0.39 is 0 Å². The van der Waals surface area contributed by atoms with E-state index in [0.29, 0.717) is 40.3 Å². The molecule has 0 unspecified atom stereocenters. The lowest BCUT2D eigenvalue weighted by molar-refractivity contribution is 0.0938. The summed E-state index contributed by atoms with van der Waals surface area (Å²) in [5, 5.41) is 3.60. The Morgan fingerprint density at radius 1 is 1.39 bits per heavy atom. The van der Waals surface area contributed by atoms with Crippen molar-refractivity contribution in [3.63, 3.8) is 0 Å². The molecule has 2 aromatic heterocycles. The summed E-state index contributed by atoms with van der Waals surface area (Å²) in [6.07, 6.45) is 1.58. The van der Waals surface area contributed by atoms with E-state index in [1.54, 1.807) is 43.6 Å². The molecule has 118 valence electrons. The average Bonchev–Trinajstić information content (AvgIpc) is 2.55. The standard InChI is InChI=1S/C16H14ClN3O3/c1-23-8-6-18-15(21)11-3-2-7-20-14(11)19-13-5-4-10(17)9-12(13)16(20)22/h2-5,7,9H,6,8H2,1H3,(H,18,21). The van der Waals surface area contributed by atoms with Crippen molar-refractivity contribution >= 4 is 34.1 Å². The van der Waals surface area contributed by atoms with E-state index in [9.17, 15) is 9.59 Å². The Hall–Kier alpha value is -2.44. The van der Waals surface area contributed by atoms with Gasteiger partial charge in [0.1, 0.15) is 0 Å². The molecule has 2 heterocycles. The zero-order chi connectivity index (χ0) is 16.4. The van der Waals surface area contributed by atoms with Gasteiger partial charge in [-0.2, -0.15) is 0 Å². The van der Waals surface area contributed by atoms with E-state index >= 15 is 0 Å². The van der Waals surface area contributed by atoms with Crippen molar-refractivity contribution in [1.29, 1.82) is 0 Å². The number of rotatable bonds is 4. The van der Waals surface area contributed by atoms with E-state index in [0.717, 1.165) is 0 Å². The topological polar surface area (TPSA) is 72.7 Å². The van der Waals surface area contributed by atoms with Crippen molar-refractivity contribution in [1.82, 2.24) is 14.7 Å². The van der Waals surface area contributed by atoms with Crippen LogP contribution in [0, 0.1) is 0 Å². The number of methoxy groups -OCH3 is 1. The van der Waals surface area contributed by atoms with Gasteiger partial charge >= 0.3 is 0 Å². The normalized spacial score (nSPS) is 11.0. The molecule has 0 fully saturated rings. The molecule has 0 aliphatic rings. The number of halogens is 1. The lowest BCUT2D eigenvalue weighted by Crippen LogP contribution is -2.28. The van der Waals surface area contributed by atoms with Crippen LogP contribution in [-0.4, -0.2) is 35.6 Å². The van der Waals surface area contributed by atoms with Crippen molar-refractivity contribution < 1.29 is 9.53 Å². The maximum atomic E-state index is 12.6. The third-order valence-electron chi connectivity index (χ3n) is 3.44. The Balaban J connectivity index is 2.17. The van der Waals surface area contributed by atoms with Crippen LogP contribution in [0.3, 0.4) is 0 Å². The average molecular weight is 332 g/mol. The van der Waals surface area contributed by atoms with E-state index in [-0.39, 0.29) is 11.5 Å². The second kappa shape index (κ2) is 6.36. The Morgan fingerprint density at radius 3 is 3.00 bits per heavy atom. The van der Waals surface area contributed by atoms with Crippen LogP contribution in [-0.2, 0) is 4.74 Å². The molecule has 0 radical (unpaired) electrons. The predicted octanol–water partition coefficient (Wildman–Crippen LogP) is 1.88. The van der Waals surface area contributed by atoms with Gasteiger partial charge in [0.25, 0.3) is 11.5 Å². The van der Waals surface area contributed by atoms with Crippen LogP contribution in [0.4, 0.5) is 0 Å².